The fourth-order valence-electron chi connectivity index (χ4n) is 1.50. The van der Waals surface area contributed by atoms with Crippen LogP contribution >= 0.6 is 15.9 Å². The van der Waals surface area contributed by atoms with Crippen LogP contribution in [0, 0.1) is 6.92 Å². The van der Waals surface area contributed by atoms with Gasteiger partial charge in [0.25, 0.3) is 0 Å². The third-order valence-corrected chi connectivity index (χ3v) is 2.56. The van der Waals surface area contributed by atoms with E-state index in [-0.39, 0.29) is 12.1 Å². The summed E-state index contributed by atoms with van der Waals surface area (Å²) in [4.78, 5) is 4.29. The number of aryl methyl sites for hydroxylation is 1. The van der Waals surface area contributed by atoms with E-state index in [2.05, 4.69) is 26.2 Å². The summed E-state index contributed by atoms with van der Waals surface area (Å²) < 4.78 is 0.980. The maximum atomic E-state index is 9.25. The van der Waals surface area contributed by atoms with Crippen molar-refractivity contribution in [2.75, 3.05) is 5.32 Å². The van der Waals surface area contributed by atoms with Crippen LogP contribution in [0.5, 0.6) is 0 Å². The number of hydrogen-bond acceptors (Lipinski definition) is 3. The Hall–Kier alpha value is -0.610. The molecule has 0 saturated carbocycles. The van der Waals surface area contributed by atoms with Gasteiger partial charge in [-0.15, -0.1) is 0 Å². The lowest BCUT2D eigenvalue weighted by atomic mass is 10.1. The van der Waals surface area contributed by atoms with Gasteiger partial charge in [-0.25, -0.2) is 4.98 Å². The van der Waals surface area contributed by atoms with Crippen LogP contribution in [0.25, 0.3) is 0 Å². The zero-order valence-electron chi connectivity index (χ0n) is 9.29. The van der Waals surface area contributed by atoms with Gasteiger partial charge in [-0.1, -0.05) is 0 Å². The van der Waals surface area contributed by atoms with Crippen LogP contribution in [0.4, 0.5) is 5.82 Å². The lowest BCUT2D eigenvalue weighted by Gasteiger charge is -2.17. The first-order valence-corrected chi connectivity index (χ1v) is 5.85. The molecule has 2 atom stereocenters. The Balaban J connectivity index is 2.64. The van der Waals surface area contributed by atoms with Crippen molar-refractivity contribution in [3.8, 4) is 0 Å². The summed E-state index contributed by atoms with van der Waals surface area (Å²) >= 11 is 3.37. The van der Waals surface area contributed by atoms with Crippen molar-refractivity contribution in [3.05, 3.63) is 22.3 Å². The molecule has 0 aliphatic heterocycles. The number of rotatable bonds is 4. The van der Waals surface area contributed by atoms with E-state index in [4.69, 9.17) is 0 Å². The van der Waals surface area contributed by atoms with Crippen molar-refractivity contribution in [1.29, 1.82) is 0 Å². The number of pyridine rings is 1. The number of halogens is 1. The summed E-state index contributed by atoms with van der Waals surface area (Å²) in [5.41, 5.74) is 1.10. The van der Waals surface area contributed by atoms with Gasteiger partial charge < -0.3 is 10.4 Å². The van der Waals surface area contributed by atoms with E-state index in [1.807, 2.05) is 19.9 Å². The summed E-state index contributed by atoms with van der Waals surface area (Å²) in [6.45, 7) is 5.84. The Bertz CT molecular complexity index is 328. The molecule has 2 N–H and O–H groups in total. The minimum Gasteiger partial charge on any atom is -0.393 e. The number of aliphatic hydroxyl groups excluding tert-OH is 1. The summed E-state index contributed by atoms with van der Waals surface area (Å²) in [6.07, 6.45) is 2.20. The van der Waals surface area contributed by atoms with Crippen LogP contribution < -0.4 is 5.32 Å². The molecule has 2 unspecified atom stereocenters. The standard InChI is InChI=1S/C11H17BrN2O/c1-7-4-10(12)6-13-11(7)14-8(2)5-9(3)15/h4,6,8-9,15H,5H2,1-3H3,(H,13,14). The Kier molecular flexibility index (Phi) is 4.54. The highest BCUT2D eigenvalue weighted by Crippen LogP contribution is 2.18. The molecule has 0 fully saturated rings. The van der Waals surface area contributed by atoms with Crippen LogP contribution in [0.1, 0.15) is 25.8 Å². The summed E-state index contributed by atoms with van der Waals surface area (Å²) in [6, 6.07) is 2.24. The van der Waals surface area contributed by atoms with Crippen molar-refractivity contribution >= 4 is 21.7 Å². The molecule has 1 aromatic heterocycles. The van der Waals surface area contributed by atoms with Crippen LogP contribution in [-0.4, -0.2) is 22.2 Å². The minimum absolute atomic E-state index is 0.220. The zero-order chi connectivity index (χ0) is 11.4. The number of nitrogens with one attached hydrogen (secondary N) is 1. The number of nitrogens with zero attached hydrogens (tertiary/aromatic N) is 1. The monoisotopic (exact) mass is 272 g/mol. The smallest absolute Gasteiger partial charge is 0.129 e. The molecule has 0 radical (unpaired) electrons. The maximum Gasteiger partial charge on any atom is 0.129 e. The van der Waals surface area contributed by atoms with Crippen molar-refractivity contribution in [2.24, 2.45) is 0 Å². The molecule has 1 heterocycles. The summed E-state index contributed by atoms with van der Waals surface area (Å²) in [5, 5.41) is 12.5. The lowest BCUT2D eigenvalue weighted by Crippen LogP contribution is -2.21. The fraction of sp³-hybridized carbons (Fsp3) is 0.545. The predicted octanol–water partition coefficient (Wildman–Crippen LogP) is 2.72. The summed E-state index contributed by atoms with van der Waals surface area (Å²) in [5.74, 6) is 0.881. The number of aliphatic hydroxyl groups is 1. The molecule has 3 nitrogen and oxygen atoms in total. The number of hydrogen-bond donors (Lipinski definition) is 2. The molecule has 0 saturated heterocycles. The van der Waals surface area contributed by atoms with Crippen LogP contribution in [-0.2, 0) is 0 Å². The van der Waals surface area contributed by atoms with E-state index in [0.717, 1.165) is 22.3 Å². The van der Waals surface area contributed by atoms with Gasteiger partial charge in [0.2, 0.25) is 0 Å². The highest BCUT2D eigenvalue weighted by molar-refractivity contribution is 9.10. The second-order valence-electron chi connectivity index (χ2n) is 3.95. The van der Waals surface area contributed by atoms with E-state index in [9.17, 15) is 5.11 Å². The van der Waals surface area contributed by atoms with E-state index in [1.165, 1.54) is 0 Å². The van der Waals surface area contributed by atoms with Crippen LogP contribution in [0.3, 0.4) is 0 Å². The molecule has 0 spiro atoms. The van der Waals surface area contributed by atoms with E-state index in [0.29, 0.717) is 0 Å². The molecule has 15 heavy (non-hydrogen) atoms. The Labute approximate surface area is 99.1 Å². The fourth-order valence-corrected chi connectivity index (χ4v) is 1.94. The largest absolute Gasteiger partial charge is 0.393 e. The zero-order valence-corrected chi connectivity index (χ0v) is 10.9. The average Bonchev–Trinajstić information content (AvgIpc) is 2.08. The quantitative estimate of drug-likeness (QED) is 0.886. The SMILES string of the molecule is Cc1cc(Br)cnc1NC(C)CC(C)O. The highest BCUT2D eigenvalue weighted by atomic mass is 79.9. The molecular weight excluding hydrogens is 256 g/mol. The second kappa shape index (κ2) is 5.47. The number of aromatic nitrogens is 1. The molecule has 0 aliphatic rings. The molecule has 0 aromatic carbocycles. The van der Waals surface area contributed by atoms with Crippen molar-refractivity contribution in [2.45, 2.75) is 39.3 Å². The van der Waals surface area contributed by atoms with Crippen molar-refractivity contribution in [1.82, 2.24) is 4.98 Å². The first kappa shape index (κ1) is 12.5. The summed E-state index contributed by atoms with van der Waals surface area (Å²) in [7, 11) is 0. The van der Waals surface area contributed by atoms with Gasteiger partial charge in [-0.2, -0.15) is 0 Å². The molecular formula is C11H17BrN2O. The van der Waals surface area contributed by atoms with E-state index in [1.54, 1.807) is 13.1 Å². The molecule has 4 heteroatoms. The normalized spacial score (nSPS) is 14.7. The van der Waals surface area contributed by atoms with Crippen LogP contribution in [0.15, 0.2) is 16.7 Å². The van der Waals surface area contributed by atoms with Crippen molar-refractivity contribution < 1.29 is 5.11 Å². The van der Waals surface area contributed by atoms with Gasteiger partial charge in [0, 0.05) is 16.7 Å². The van der Waals surface area contributed by atoms with Gasteiger partial charge in [0.15, 0.2) is 0 Å². The third kappa shape index (κ3) is 4.18. The Morgan fingerprint density at radius 2 is 2.20 bits per heavy atom. The average molecular weight is 273 g/mol. The van der Waals surface area contributed by atoms with Gasteiger partial charge in [0.05, 0.1) is 6.10 Å². The van der Waals surface area contributed by atoms with Crippen molar-refractivity contribution in [3.63, 3.8) is 0 Å². The van der Waals surface area contributed by atoms with Gasteiger partial charge in [0.1, 0.15) is 5.82 Å². The number of anilines is 1. The van der Waals surface area contributed by atoms with Gasteiger partial charge >= 0.3 is 0 Å². The molecule has 1 rings (SSSR count). The second-order valence-corrected chi connectivity index (χ2v) is 4.86. The highest BCUT2D eigenvalue weighted by Gasteiger charge is 2.08. The topological polar surface area (TPSA) is 45.2 Å². The molecule has 0 aliphatic carbocycles. The first-order valence-electron chi connectivity index (χ1n) is 5.05. The molecule has 0 amide bonds. The van der Waals surface area contributed by atoms with E-state index >= 15 is 0 Å². The first-order chi connectivity index (χ1) is 6.99. The van der Waals surface area contributed by atoms with Gasteiger partial charge in [-0.05, 0) is 54.8 Å². The predicted molar refractivity (Wildman–Crippen MR) is 66.1 cm³/mol. The molecule has 84 valence electrons. The lowest BCUT2D eigenvalue weighted by molar-refractivity contribution is 0.179. The Morgan fingerprint density at radius 1 is 1.53 bits per heavy atom. The maximum absolute atomic E-state index is 9.25. The minimum atomic E-state index is -0.289. The molecule has 0 bridgehead atoms. The Morgan fingerprint density at radius 3 is 2.73 bits per heavy atom. The van der Waals surface area contributed by atoms with E-state index < -0.39 is 0 Å². The third-order valence-electron chi connectivity index (χ3n) is 2.12. The van der Waals surface area contributed by atoms with Gasteiger partial charge in [-0.3, -0.25) is 0 Å². The van der Waals surface area contributed by atoms with Crippen LogP contribution in [0.2, 0.25) is 0 Å². The molecule has 1 aromatic rings.